The van der Waals surface area contributed by atoms with Gasteiger partial charge in [-0.25, -0.2) is 4.98 Å². The molecule has 1 unspecified atom stereocenters. The van der Waals surface area contributed by atoms with Crippen LogP contribution in [0.3, 0.4) is 0 Å². The van der Waals surface area contributed by atoms with Crippen LogP contribution in [0.5, 0.6) is 0 Å². The Morgan fingerprint density at radius 2 is 1.95 bits per heavy atom. The molecule has 0 spiro atoms. The average molecular weight is 282 g/mol. The van der Waals surface area contributed by atoms with Crippen molar-refractivity contribution in [2.45, 2.75) is 19.4 Å². The lowest BCUT2D eigenvalue weighted by atomic mass is 9.99. The number of nitrogens with zero attached hydrogens (tertiary/aromatic N) is 1. The number of thiazole rings is 1. The van der Waals surface area contributed by atoms with Gasteiger partial charge in [0.2, 0.25) is 0 Å². The monoisotopic (exact) mass is 282 g/mol. The van der Waals surface area contributed by atoms with Crippen LogP contribution in [0, 0.1) is 6.92 Å². The minimum absolute atomic E-state index is 0.307. The van der Waals surface area contributed by atoms with Crippen LogP contribution in [0.4, 0.5) is 0 Å². The lowest BCUT2D eigenvalue weighted by molar-refractivity contribution is 0.586. The minimum atomic E-state index is 0.307. The molecule has 2 nitrogen and oxygen atoms in total. The van der Waals surface area contributed by atoms with Gasteiger partial charge in [-0.3, -0.25) is 0 Å². The molecule has 3 heteroatoms. The quantitative estimate of drug-likeness (QED) is 0.779. The van der Waals surface area contributed by atoms with Gasteiger partial charge in [-0.05, 0) is 36.4 Å². The second kappa shape index (κ2) is 5.73. The summed E-state index contributed by atoms with van der Waals surface area (Å²) in [5.74, 6) is 0. The minimum Gasteiger partial charge on any atom is -0.313 e. The Morgan fingerprint density at radius 1 is 1.15 bits per heavy atom. The first-order valence-electron chi connectivity index (χ1n) is 6.83. The Labute approximate surface area is 123 Å². The van der Waals surface area contributed by atoms with Gasteiger partial charge in [-0.2, -0.15) is 0 Å². The first-order chi connectivity index (χ1) is 9.76. The van der Waals surface area contributed by atoms with Gasteiger partial charge < -0.3 is 5.32 Å². The molecule has 0 aliphatic rings. The second-order valence-electron chi connectivity index (χ2n) is 5.01. The molecule has 102 valence electrons. The first kappa shape index (κ1) is 13.3. The number of fused-ring (bicyclic) bond motifs is 1. The van der Waals surface area contributed by atoms with Crippen LogP contribution >= 0.6 is 11.3 Å². The molecule has 0 saturated heterocycles. The van der Waals surface area contributed by atoms with E-state index in [0.717, 1.165) is 11.4 Å². The molecule has 20 heavy (non-hydrogen) atoms. The molecule has 3 aromatic rings. The molecule has 0 bridgehead atoms. The standard InChI is InChI=1S/C17H18N2S/c1-12-19-16(11-20-12)10-17(18-2)15-8-7-13-5-3-4-6-14(13)9-15/h3-9,11,17-18H,10H2,1-2H3. The second-order valence-corrected chi connectivity index (χ2v) is 6.07. The summed E-state index contributed by atoms with van der Waals surface area (Å²) in [5, 5.41) is 9.27. The largest absolute Gasteiger partial charge is 0.313 e. The predicted molar refractivity (Wildman–Crippen MR) is 86.3 cm³/mol. The number of aromatic nitrogens is 1. The van der Waals surface area contributed by atoms with Crippen molar-refractivity contribution in [3.63, 3.8) is 0 Å². The Morgan fingerprint density at radius 3 is 2.65 bits per heavy atom. The molecule has 0 aliphatic heterocycles. The van der Waals surface area contributed by atoms with Crippen molar-refractivity contribution in [2.75, 3.05) is 7.05 Å². The van der Waals surface area contributed by atoms with Crippen LogP contribution in [0.2, 0.25) is 0 Å². The zero-order valence-electron chi connectivity index (χ0n) is 11.8. The Hall–Kier alpha value is -1.71. The summed E-state index contributed by atoms with van der Waals surface area (Å²) in [4.78, 5) is 4.56. The number of nitrogens with one attached hydrogen (secondary N) is 1. The Kier molecular flexibility index (Phi) is 3.81. The van der Waals surface area contributed by atoms with Crippen molar-refractivity contribution >= 4 is 22.1 Å². The van der Waals surface area contributed by atoms with E-state index >= 15 is 0 Å². The summed E-state index contributed by atoms with van der Waals surface area (Å²) in [6.45, 7) is 2.05. The SMILES string of the molecule is CNC(Cc1csc(C)n1)c1ccc2ccccc2c1. The highest BCUT2D eigenvalue weighted by molar-refractivity contribution is 7.09. The lowest BCUT2D eigenvalue weighted by Gasteiger charge is -2.16. The average Bonchev–Trinajstić information content (AvgIpc) is 2.89. The van der Waals surface area contributed by atoms with Gasteiger partial charge in [0.15, 0.2) is 0 Å². The normalized spacial score (nSPS) is 12.7. The molecular weight excluding hydrogens is 264 g/mol. The van der Waals surface area contributed by atoms with Crippen molar-refractivity contribution < 1.29 is 0 Å². The number of benzene rings is 2. The zero-order valence-corrected chi connectivity index (χ0v) is 12.6. The number of rotatable bonds is 4. The molecule has 1 aromatic heterocycles. The molecule has 0 saturated carbocycles. The molecule has 0 aliphatic carbocycles. The molecule has 1 atom stereocenters. The number of hydrogen-bond acceptors (Lipinski definition) is 3. The van der Waals surface area contributed by atoms with Gasteiger partial charge in [0.1, 0.15) is 0 Å². The van der Waals surface area contributed by atoms with E-state index in [9.17, 15) is 0 Å². The maximum Gasteiger partial charge on any atom is 0.0897 e. The number of aryl methyl sites for hydroxylation is 1. The molecule has 0 radical (unpaired) electrons. The van der Waals surface area contributed by atoms with E-state index in [4.69, 9.17) is 0 Å². The van der Waals surface area contributed by atoms with Crippen molar-refractivity contribution in [1.29, 1.82) is 0 Å². The highest BCUT2D eigenvalue weighted by atomic mass is 32.1. The van der Waals surface area contributed by atoms with Crippen LogP contribution in [0.1, 0.15) is 22.3 Å². The first-order valence-corrected chi connectivity index (χ1v) is 7.71. The Balaban J connectivity index is 1.90. The smallest absolute Gasteiger partial charge is 0.0897 e. The third-order valence-electron chi connectivity index (χ3n) is 3.60. The van der Waals surface area contributed by atoms with E-state index < -0.39 is 0 Å². The van der Waals surface area contributed by atoms with Crippen molar-refractivity contribution in [3.8, 4) is 0 Å². The van der Waals surface area contributed by atoms with Gasteiger partial charge in [-0.15, -0.1) is 11.3 Å². The topological polar surface area (TPSA) is 24.9 Å². The molecule has 2 aromatic carbocycles. The summed E-state index contributed by atoms with van der Waals surface area (Å²) >= 11 is 1.72. The highest BCUT2D eigenvalue weighted by Crippen LogP contribution is 2.23. The maximum absolute atomic E-state index is 4.56. The van der Waals surface area contributed by atoms with E-state index in [-0.39, 0.29) is 0 Å². The van der Waals surface area contributed by atoms with Gasteiger partial charge in [0.25, 0.3) is 0 Å². The van der Waals surface area contributed by atoms with Crippen molar-refractivity contribution in [3.05, 3.63) is 64.1 Å². The van der Waals surface area contributed by atoms with Gasteiger partial charge in [0.05, 0.1) is 10.7 Å². The summed E-state index contributed by atoms with van der Waals surface area (Å²) < 4.78 is 0. The summed E-state index contributed by atoms with van der Waals surface area (Å²) in [5.41, 5.74) is 2.48. The molecule has 3 rings (SSSR count). The van der Waals surface area contributed by atoms with Gasteiger partial charge in [-0.1, -0.05) is 36.4 Å². The molecule has 0 amide bonds. The van der Waals surface area contributed by atoms with Crippen LogP contribution in [-0.2, 0) is 6.42 Å². The van der Waals surface area contributed by atoms with Crippen LogP contribution in [0.25, 0.3) is 10.8 Å². The molecule has 0 fully saturated rings. The van der Waals surface area contributed by atoms with Gasteiger partial charge in [0, 0.05) is 17.8 Å². The van der Waals surface area contributed by atoms with E-state index in [2.05, 4.69) is 65.1 Å². The predicted octanol–water partition coefficient (Wildman–Crippen LogP) is 4.11. The molecule has 1 heterocycles. The summed E-state index contributed by atoms with van der Waals surface area (Å²) in [6.07, 6.45) is 0.930. The fourth-order valence-electron chi connectivity index (χ4n) is 2.52. The van der Waals surface area contributed by atoms with Crippen LogP contribution in [0.15, 0.2) is 47.8 Å². The van der Waals surface area contributed by atoms with Crippen molar-refractivity contribution in [2.24, 2.45) is 0 Å². The van der Waals surface area contributed by atoms with E-state index in [1.54, 1.807) is 11.3 Å². The number of hydrogen-bond donors (Lipinski definition) is 1. The highest BCUT2D eigenvalue weighted by Gasteiger charge is 2.12. The lowest BCUT2D eigenvalue weighted by Crippen LogP contribution is -2.19. The third-order valence-corrected chi connectivity index (χ3v) is 4.43. The fraction of sp³-hybridized carbons (Fsp3) is 0.235. The molecule has 1 N–H and O–H groups in total. The van der Waals surface area contributed by atoms with Crippen LogP contribution < -0.4 is 5.32 Å². The Bertz CT molecular complexity index is 718. The zero-order chi connectivity index (χ0) is 13.9. The maximum atomic E-state index is 4.56. The molecular formula is C17H18N2S. The van der Waals surface area contributed by atoms with Crippen molar-refractivity contribution in [1.82, 2.24) is 10.3 Å². The van der Waals surface area contributed by atoms with E-state index in [0.29, 0.717) is 6.04 Å². The van der Waals surface area contributed by atoms with Crippen LogP contribution in [-0.4, -0.2) is 12.0 Å². The summed E-state index contributed by atoms with van der Waals surface area (Å²) in [7, 11) is 2.01. The van der Waals surface area contributed by atoms with Gasteiger partial charge >= 0.3 is 0 Å². The fourth-order valence-corrected chi connectivity index (χ4v) is 3.15. The van der Waals surface area contributed by atoms with E-state index in [1.807, 2.05) is 7.05 Å². The van der Waals surface area contributed by atoms with E-state index in [1.165, 1.54) is 22.0 Å². The summed E-state index contributed by atoms with van der Waals surface area (Å²) in [6, 6.07) is 15.5. The third kappa shape index (κ3) is 2.74. The number of likely N-dealkylation sites (N-methyl/N-ethyl adjacent to an activating group) is 1.